The molecule has 3 heterocycles. The van der Waals surface area contributed by atoms with Crippen LogP contribution in [0.15, 0.2) is 73.2 Å². The standard InChI is InChI=1S/C25H19ClN6O3/c1-35-21-13-28-24(30-23(21)29-17-8-10-27-11-9-17)22-18-4-2-3-5-20(18)32(31-22)14-16-7-6-15(25(33)34)12-19(16)26/h2-13H,14H2,1H3,(H,33,34)(H,27,28,29,30). The van der Waals surface area contributed by atoms with Gasteiger partial charge in [-0.25, -0.2) is 14.8 Å². The van der Waals surface area contributed by atoms with Gasteiger partial charge in [0.2, 0.25) is 0 Å². The Morgan fingerprint density at radius 3 is 2.69 bits per heavy atom. The molecular formula is C25H19ClN6O3. The zero-order valence-electron chi connectivity index (χ0n) is 18.5. The Morgan fingerprint density at radius 1 is 1.14 bits per heavy atom. The van der Waals surface area contributed by atoms with Crippen LogP contribution < -0.4 is 10.1 Å². The van der Waals surface area contributed by atoms with Crippen molar-refractivity contribution in [3.05, 3.63) is 89.3 Å². The Labute approximate surface area is 205 Å². The number of fused-ring (bicyclic) bond motifs is 1. The minimum Gasteiger partial charge on any atom is -0.491 e. The van der Waals surface area contributed by atoms with Crippen molar-refractivity contribution in [1.29, 1.82) is 0 Å². The van der Waals surface area contributed by atoms with Gasteiger partial charge in [0.15, 0.2) is 17.4 Å². The molecule has 0 amide bonds. The van der Waals surface area contributed by atoms with Crippen molar-refractivity contribution >= 4 is 40.0 Å². The van der Waals surface area contributed by atoms with Crippen LogP contribution in [-0.2, 0) is 6.54 Å². The Bertz CT molecular complexity index is 1540. The van der Waals surface area contributed by atoms with Gasteiger partial charge in [-0.2, -0.15) is 5.10 Å². The molecule has 35 heavy (non-hydrogen) atoms. The molecule has 10 heteroatoms. The molecule has 0 atom stereocenters. The number of ether oxygens (including phenoxy) is 1. The highest BCUT2D eigenvalue weighted by molar-refractivity contribution is 6.31. The van der Waals surface area contributed by atoms with Gasteiger partial charge < -0.3 is 15.2 Å². The van der Waals surface area contributed by atoms with Gasteiger partial charge in [0.1, 0.15) is 5.69 Å². The zero-order valence-corrected chi connectivity index (χ0v) is 19.3. The van der Waals surface area contributed by atoms with Crippen molar-refractivity contribution in [3.63, 3.8) is 0 Å². The monoisotopic (exact) mass is 486 g/mol. The Kier molecular flexibility index (Phi) is 5.99. The largest absolute Gasteiger partial charge is 0.491 e. The van der Waals surface area contributed by atoms with E-state index in [9.17, 15) is 9.90 Å². The number of methoxy groups -OCH3 is 1. The number of hydrogen-bond donors (Lipinski definition) is 2. The van der Waals surface area contributed by atoms with Crippen LogP contribution in [0.3, 0.4) is 0 Å². The number of anilines is 2. The van der Waals surface area contributed by atoms with Gasteiger partial charge in [-0.15, -0.1) is 0 Å². The zero-order chi connectivity index (χ0) is 24.4. The third-order valence-electron chi connectivity index (χ3n) is 5.41. The predicted molar refractivity (Wildman–Crippen MR) is 132 cm³/mol. The van der Waals surface area contributed by atoms with Gasteiger partial charge in [0, 0.05) is 28.5 Å². The molecule has 0 bridgehead atoms. The van der Waals surface area contributed by atoms with Crippen LogP contribution in [0.1, 0.15) is 15.9 Å². The second-order valence-electron chi connectivity index (χ2n) is 7.61. The third-order valence-corrected chi connectivity index (χ3v) is 5.76. The first-order valence-corrected chi connectivity index (χ1v) is 11.0. The van der Waals surface area contributed by atoms with E-state index in [0.29, 0.717) is 34.7 Å². The van der Waals surface area contributed by atoms with E-state index in [-0.39, 0.29) is 5.56 Å². The normalized spacial score (nSPS) is 10.9. The summed E-state index contributed by atoms with van der Waals surface area (Å²) in [6, 6.07) is 16.1. The van der Waals surface area contributed by atoms with Crippen molar-refractivity contribution in [1.82, 2.24) is 24.7 Å². The van der Waals surface area contributed by atoms with E-state index in [1.165, 1.54) is 12.1 Å². The van der Waals surface area contributed by atoms with Crippen LogP contribution in [0, 0.1) is 0 Å². The van der Waals surface area contributed by atoms with Crippen molar-refractivity contribution in [2.75, 3.05) is 12.4 Å². The molecule has 174 valence electrons. The van der Waals surface area contributed by atoms with Gasteiger partial charge >= 0.3 is 5.97 Å². The highest BCUT2D eigenvalue weighted by atomic mass is 35.5. The lowest BCUT2D eigenvalue weighted by Gasteiger charge is -2.10. The molecule has 3 aromatic heterocycles. The van der Waals surface area contributed by atoms with Gasteiger partial charge in [0.25, 0.3) is 0 Å². The smallest absolute Gasteiger partial charge is 0.335 e. The van der Waals surface area contributed by atoms with Crippen molar-refractivity contribution in [2.45, 2.75) is 6.54 Å². The van der Waals surface area contributed by atoms with Crippen LogP contribution in [-0.4, -0.2) is 42.9 Å². The molecule has 0 saturated heterocycles. The molecule has 2 N–H and O–H groups in total. The van der Waals surface area contributed by atoms with Crippen molar-refractivity contribution < 1.29 is 14.6 Å². The lowest BCUT2D eigenvalue weighted by Crippen LogP contribution is -2.05. The first kappa shape index (κ1) is 22.3. The summed E-state index contributed by atoms with van der Waals surface area (Å²) in [4.78, 5) is 24.4. The summed E-state index contributed by atoms with van der Waals surface area (Å²) in [7, 11) is 1.56. The van der Waals surface area contributed by atoms with Gasteiger partial charge in [-0.05, 0) is 35.9 Å². The number of rotatable bonds is 7. The van der Waals surface area contributed by atoms with Crippen LogP contribution in [0.25, 0.3) is 22.4 Å². The number of carbonyl (C=O) groups is 1. The van der Waals surface area contributed by atoms with Gasteiger partial charge in [0.05, 0.1) is 30.9 Å². The summed E-state index contributed by atoms with van der Waals surface area (Å²) in [6.07, 6.45) is 4.96. The number of benzene rings is 2. The van der Waals surface area contributed by atoms with Crippen molar-refractivity contribution in [3.8, 4) is 17.3 Å². The number of nitrogens with zero attached hydrogens (tertiary/aromatic N) is 5. The Morgan fingerprint density at radius 2 is 1.94 bits per heavy atom. The average molecular weight is 487 g/mol. The molecule has 0 saturated carbocycles. The number of aromatic carboxylic acids is 1. The maximum atomic E-state index is 11.2. The van der Waals surface area contributed by atoms with Crippen LogP contribution in [0.5, 0.6) is 5.75 Å². The summed E-state index contributed by atoms with van der Waals surface area (Å²) in [5.41, 5.74) is 3.14. The van der Waals surface area contributed by atoms with E-state index in [2.05, 4.69) is 15.3 Å². The molecule has 0 aliphatic heterocycles. The summed E-state index contributed by atoms with van der Waals surface area (Å²) < 4.78 is 7.24. The maximum absolute atomic E-state index is 11.2. The number of para-hydroxylation sites is 1. The maximum Gasteiger partial charge on any atom is 0.335 e. The molecule has 0 fully saturated rings. The first-order chi connectivity index (χ1) is 17.0. The fourth-order valence-electron chi connectivity index (χ4n) is 3.68. The molecule has 5 aromatic rings. The molecule has 0 aliphatic carbocycles. The van der Waals surface area contributed by atoms with Crippen molar-refractivity contribution in [2.24, 2.45) is 0 Å². The second-order valence-corrected chi connectivity index (χ2v) is 8.01. The lowest BCUT2D eigenvalue weighted by molar-refractivity contribution is 0.0697. The summed E-state index contributed by atoms with van der Waals surface area (Å²) in [5, 5.41) is 18.5. The van der Waals surface area contributed by atoms with Crippen LogP contribution >= 0.6 is 11.6 Å². The van der Waals surface area contributed by atoms with Crippen LogP contribution in [0.4, 0.5) is 11.5 Å². The molecule has 0 spiro atoms. The lowest BCUT2D eigenvalue weighted by atomic mass is 10.1. The molecule has 9 nitrogen and oxygen atoms in total. The van der Waals surface area contributed by atoms with Gasteiger partial charge in [-0.1, -0.05) is 35.9 Å². The first-order valence-electron chi connectivity index (χ1n) is 10.6. The fourth-order valence-corrected chi connectivity index (χ4v) is 3.92. The fraction of sp³-hybridized carbons (Fsp3) is 0.0800. The summed E-state index contributed by atoms with van der Waals surface area (Å²) in [6.45, 7) is 0.345. The minimum atomic E-state index is -1.03. The van der Waals surface area contributed by atoms with E-state index in [1.54, 1.807) is 36.4 Å². The summed E-state index contributed by atoms with van der Waals surface area (Å²) >= 11 is 6.37. The molecule has 0 aliphatic rings. The number of aromatic nitrogens is 5. The predicted octanol–water partition coefficient (Wildman–Crippen LogP) is 5.04. The molecular weight excluding hydrogens is 468 g/mol. The van der Waals surface area contributed by atoms with E-state index < -0.39 is 5.97 Å². The number of carboxylic acid groups (broad SMARTS) is 1. The summed E-state index contributed by atoms with van der Waals surface area (Å²) in [5.74, 6) is 0.372. The minimum absolute atomic E-state index is 0.130. The quantitative estimate of drug-likeness (QED) is 0.329. The van der Waals surface area contributed by atoms with E-state index in [4.69, 9.17) is 26.4 Å². The van der Waals surface area contributed by atoms with E-state index in [1.807, 2.05) is 36.4 Å². The molecule has 0 radical (unpaired) electrons. The third kappa shape index (κ3) is 4.49. The Balaban J connectivity index is 1.56. The number of halogens is 1. The number of pyridine rings is 1. The Hall–Kier alpha value is -4.50. The van der Waals surface area contributed by atoms with Crippen LogP contribution in [0.2, 0.25) is 5.02 Å². The van der Waals surface area contributed by atoms with E-state index >= 15 is 0 Å². The highest BCUT2D eigenvalue weighted by Crippen LogP contribution is 2.31. The number of carboxylic acids is 1. The SMILES string of the molecule is COc1cnc(-c2nn(Cc3ccc(C(=O)O)cc3Cl)c3ccccc23)nc1Nc1ccncc1. The number of hydrogen-bond acceptors (Lipinski definition) is 7. The number of nitrogens with one attached hydrogen (secondary N) is 1. The highest BCUT2D eigenvalue weighted by Gasteiger charge is 2.18. The topological polar surface area (TPSA) is 115 Å². The average Bonchev–Trinajstić information content (AvgIpc) is 3.24. The molecule has 5 rings (SSSR count). The molecule has 0 unspecified atom stereocenters. The van der Waals surface area contributed by atoms with Gasteiger partial charge in [-0.3, -0.25) is 9.67 Å². The second kappa shape index (κ2) is 9.40. The van der Waals surface area contributed by atoms with E-state index in [0.717, 1.165) is 22.2 Å². The molecule has 2 aromatic carbocycles.